The first-order valence-electron chi connectivity index (χ1n) is 7.59. The molecule has 0 atom stereocenters. The van der Waals surface area contributed by atoms with E-state index in [0.29, 0.717) is 12.1 Å². The molecule has 0 saturated heterocycles. The lowest BCUT2D eigenvalue weighted by molar-refractivity contribution is 0.0951. The number of ether oxygens (including phenoxy) is 1. The van der Waals surface area contributed by atoms with Gasteiger partial charge in [0.25, 0.3) is 5.91 Å². The van der Waals surface area contributed by atoms with Crippen molar-refractivity contribution in [1.82, 2.24) is 5.32 Å². The van der Waals surface area contributed by atoms with Gasteiger partial charge in [0.2, 0.25) is 0 Å². The van der Waals surface area contributed by atoms with Crippen LogP contribution in [-0.4, -0.2) is 26.7 Å². The van der Waals surface area contributed by atoms with Crippen molar-refractivity contribution in [2.45, 2.75) is 31.4 Å². The standard InChI is InChI=1S/C18H21NO4S/c1-13(2)23-16-8-4-14(5-9-16)12-19-18(20)15-6-10-17(11-7-15)24(3,21)22/h4-11,13H,12H2,1-3H3,(H,19,20). The van der Waals surface area contributed by atoms with Gasteiger partial charge in [-0.2, -0.15) is 0 Å². The first kappa shape index (κ1) is 18.0. The Morgan fingerprint density at radius 2 is 1.62 bits per heavy atom. The molecule has 6 heteroatoms. The lowest BCUT2D eigenvalue weighted by Crippen LogP contribution is -2.22. The van der Waals surface area contributed by atoms with Crippen LogP contribution >= 0.6 is 0 Å². The number of rotatable bonds is 6. The summed E-state index contributed by atoms with van der Waals surface area (Å²) in [5.41, 5.74) is 1.37. The maximum Gasteiger partial charge on any atom is 0.251 e. The Hall–Kier alpha value is -2.34. The fourth-order valence-corrected chi connectivity index (χ4v) is 2.73. The minimum atomic E-state index is -3.26. The Balaban J connectivity index is 1.95. The van der Waals surface area contributed by atoms with Crippen molar-refractivity contribution in [3.05, 3.63) is 59.7 Å². The molecule has 0 aliphatic heterocycles. The highest BCUT2D eigenvalue weighted by Gasteiger charge is 2.09. The largest absolute Gasteiger partial charge is 0.491 e. The maximum atomic E-state index is 12.1. The van der Waals surface area contributed by atoms with Crippen LogP contribution in [0.25, 0.3) is 0 Å². The van der Waals surface area contributed by atoms with Crippen molar-refractivity contribution in [3.63, 3.8) is 0 Å². The van der Waals surface area contributed by atoms with Crippen molar-refractivity contribution in [2.75, 3.05) is 6.26 Å². The molecule has 2 aromatic rings. The van der Waals surface area contributed by atoms with Gasteiger partial charge in [0.15, 0.2) is 9.84 Å². The zero-order valence-corrected chi connectivity index (χ0v) is 14.8. The number of hydrogen-bond donors (Lipinski definition) is 1. The summed E-state index contributed by atoms with van der Waals surface area (Å²) >= 11 is 0. The van der Waals surface area contributed by atoms with Crippen LogP contribution in [-0.2, 0) is 16.4 Å². The normalized spacial score (nSPS) is 11.3. The predicted octanol–water partition coefficient (Wildman–Crippen LogP) is 2.81. The van der Waals surface area contributed by atoms with Crippen LogP contribution in [0.4, 0.5) is 0 Å². The van der Waals surface area contributed by atoms with Crippen LogP contribution in [0.1, 0.15) is 29.8 Å². The molecule has 0 aliphatic rings. The first-order chi connectivity index (χ1) is 11.3. The number of carbonyl (C=O) groups is 1. The molecule has 0 radical (unpaired) electrons. The summed E-state index contributed by atoms with van der Waals surface area (Å²) in [5, 5.41) is 2.80. The zero-order chi connectivity index (χ0) is 17.7. The summed E-state index contributed by atoms with van der Waals surface area (Å²) in [6.07, 6.45) is 1.25. The molecule has 0 bridgehead atoms. The third-order valence-electron chi connectivity index (χ3n) is 3.29. The van der Waals surface area contributed by atoms with Crippen molar-refractivity contribution in [2.24, 2.45) is 0 Å². The summed E-state index contributed by atoms with van der Waals surface area (Å²) in [6, 6.07) is 13.4. The van der Waals surface area contributed by atoms with Crippen molar-refractivity contribution in [1.29, 1.82) is 0 Å². The zero-order valence-electron chi connectivity index (χ0n) is 13.9. The lowest BCUT2D eigenvalue weighted by Gasteiger charge is -2.10. The van der Waals surface area contributed by atoms with E-state index < -0.39 is 9.84 Å². The van der Waals surface area contributed by atoms with E-state index in [4.69, 9.17) is 4.74 Å². The van der Waals surface area contributed by atoms with Crippen LogP contribution in [0.5, 0.6) is 5.75 Å². The van der Waals surface area contributed by atoms with E-state index >= 15 is 0 Å². The molecule has 0 unspecified atom stereocenters. The van der Waals surface area contributed by atoms with Crippen molar-refractivity contribution in [3.8, 4) is 5.75 Å². The Morgan fingerprint density at radius 1 is 1.04 bits per heavy atom. The van der Waals surface area contributed by atoms with Gasteiger partial charge >= 0.3 is 0 Å². The Morgan fingerprint density at radius 3 is 2.12 bits per heavy atom. The first-order valence-corrected chi connectivity index (χ1v) is 9.49. The average Bonchev–Trinajstić information content (AvgIpc) is 2.52. The predicted molar refractivity (Wildman–Crippen MR) is 92.9 cm³/mol. The molecule has 2 rings (SSSR count). The minimum Gasteiger partial charge on any atom is -0.491 e. The van der Waals surface area contributed by atoms with Crippen LogP contribution in [0, 0.1) is 0 Å². The van der Waals surface area contributed by atoms with E-state index in [1.807, 2.05) is 38.1 Å². The highest BCUT2D eigenvalue weighted by molar-refractivity contribution is 7.90. The fourth-order valence-electron chi connectivity index (χ4n) is 2.10. The van der Waals surface area contributed by atoms with Gasteiger partial charge in [-0.25, -0.2) is 8.42 Å². The van der Waals surface area contributed by atoms with E-state index in [2.05, 4.69) is 5.32 Å². The number of hydrogen-bond acceptors (Lipinski definition) is 4. The maximum absolute atomic E-state index is 12.1. The van der Waals surface area contributed by atoms with Crippen LogP contribution in [0.3, 0.4) is 0 Å². The topological polar surface area (TPSA) is 72.5 Å². The van der Waals surface area contributed by atoms with Crippen LogP contribution in [0.15, 0.2) is 53.4 Å². The second-order valence-corrected chi connectivity index (χ2v) is 7.81. The van der Waals surface area contributed by atoms with E-state index in [1.165, 1.54) is 24.3 Å². The number of sulfone groups is 1. The number of nitrogens with one attached hydrogen (secondary N) is 1. The number of carbonyl (C=O) groups excluding carboxylic acids is 1. The van der Waals surface area contributed by atoms with Gasteiger partial charge < -0.3 is 10.1 Å². The molecular weight excluding hydrogens is 326 g/mol. The molecule has 0 aromatic heterocycles. The molecule has 1 amide bonds. The van der Waals surface area contributed by atoms with Crippen molar-refractivity contribution < 1.29 is 17.9 Å². The molecular formula is C18H21NO4S. The van der Waals surface area contributed by atoms with Gasteiger partial charge in [-0.1, -0.05) is 12.1 Å². The number of benzene rings is 2. The molecule has 1 N–H and O–H groups in total. The molecule has 24 heavy (non-hydrogen) atoms. The lowest BCUT2D eigenvalue weighted by atomic mass is 10.2. The highest BCUT2D eigenvalue weighted by Crippen LogP contribution is 2.14. The molecule has 2 aromatic carbocycles. The summed E-state index contributed by atoms with van der Waals surface area (Å²) in [5.74, 6) is 0.536. The SMILES string of the molecule is CC(C)Oc1ccc(CNC(=O)c2ccc(S(C)(=O)=O)cc2)cc1. The smallest absolute Gasteiger partial charge is 0.251 e. The fraction of sp³-hybridized carbons (Fsp3) is 0.278. The quantitative estimate of drug-likeness (QED) is 0.872. The highest BCUT2D eigenvalue weighted by atomic mass is 32.2. The third kappa shape index (κ3) is 5.09. The Labute approximate surface area is 142 Å². The summed E-state index contributed by atoms with van der Waals surface area (Å²) in [7, 11) is -3.26. The second kappa shape index (κ2) is 7.49. The molecule has 0 aliphatic carbocycles. The van der Waals surface area contributed by atoms with Gasteiger partial charge in [-0.15, -0.1) is 0 Å². The van der Waals surface area contributed by atoms with Crippen LogP contribution in [0.2, 0.25) is 0 Å². The summed E-state index contributed by atoms with van der Waals surface area (Å²) in [4.78, 5) is 12.3. The second-order valence-electron chi connectivity index (χ2n) is 5.79. The van der Waals surface area contributed by atoms with E-state index in [9.17, 15) is 13.2 Å². The molecule has 128 valence electrons. The van der Waals surface area contributed by atoms with Crippen molar-refractivity contribution >= 4 is 15.7 Å². The molecule has 0 heterocycles. The van der Waals surface area contributed by atoms with E-state index in [0.717, 1.165) is 17.6 Å². The minimum absolute atomic E-state index is 0.116. The monoisotopic (exact) mass is 347 g/mol. The van der Waals surface area contributed by atoms with Gasteiger partial charge in [0.1, 0.15) is 5.75 Å². The van der Waals surface area contributed by atoms with E-state index in [-0.39, 0.29) is 16.9 Å². The Kier molecular flexibility index (Phi) is 5.62. The van der Waals surface area contributed by atoms with Crippen LogP contribution < -0.4 is 10.1 Å². The molecule has 0 saturated carbocycles. The average molecular weight is 347 g/mol. The van der Waals surface area contributed by atoms with Gasteiger partial charge in [-0.05, 0) is 55.8 Å². The molecule has 0 fully saturated rings. The third-order valence-corrected chi connectivity index (χ3v) is 4.42. The molecule has 0 spiro atoms. The van der Waals surface area contributed by atoms with E-state index in [1.54, 1.807) is 0 Å². The number of amides is 1. The summed E-state index contributed by atoms with van der Waals surface area (Å²) in [6.45, 7) is 4.31. The van der Waals surface area contributed by atoms with Gasteiger partial charge in [-0.3, -0.25) is 4.79 Å². The summed E-state index contributed by atoms with van der Waals surface area (Å²) < 4.78 is 28.4. The Bertz CT molecular complexity index is 794. The molecule has 5 nitrogen and oxygen atoms in total. The van der Waals surface area contributed by atoms with Gasteiger partial charge in [0, 0.05) is 18.4 Å². The van der Waals surface area contributed by atoms with Gasteiger partial charge in [0.05, 0.1) is 11.0 Å².